The molecule has 2 aliphatic rings. The molecule has 1 aliphatic heterocycles. The molecule has 0 unspecified atom stereocenters. The van der Waals surface area contributed by atoms with Gasteiger partial charge in [0.2, 0.25) is 0 Å². The molecule has 2 aromatic heterocycles. The van der Waals surface area contributed by atoms with E-state index < -0.39 is 24.0 Å². The number of halogens is 1. The lowest BCUT2D eigenvalue weighted by molar-refractivity contribution is 0.00578. The molecule has 4 nitrogen and oxygen atoms in total. The van der Waals surface area contributed by atoms with Crippen LogP contribution in [0.2, 0.25) is 0 Å². The highest BCUT2D eigenvalue weighted by molar-refractivity contribution is 6.54. The second-order valence-electron chi connectivity index (χ2n) is 7.94. The van der Waals surface area contributed by atoms with Crippen molar-refractivity contribution in [3.8, 4) is 0 Å². The molecule has 2 fully saturated rings. The summed E-state index contributed by atoms with van der Waals surface area (Å²) < 4.78 is 26.1. The minimum Gasteiger partial charge on any atom is -0.398 e. The molecule has 1 saturated carbocycles. The van der Waals surface area contributed by atoms with Crippen molar-refractivity contribution in [3.05, 3.63) is 41.4 Å². The molecule has 1 saturated heterocycles. The highest BCUT2D eigenvalue weighted by atomic mass is 19.1. The fraction of sp³-hybridized carbons (Fsp3) is 0.474. The van der Waals surface area contributed by atoms with Crippen LogP contribution in [0.4, 0.5) is 4.39 Å². The highest BCUT2D eigenvalue weighted by Gasteiger charge is 2.53. The van der Waals surface area contributed by atoms with Crippen LogP contribution in [0.1, 0.15) is 57.7 Å². The van der Waals surface area contributed by atoms with E-state index in [4.69, 9.17) is 9.31 Å². The van der Waals surface area contributed by atoms with Crippen LogP contribution in [0.3, 0.4) is 0 Å². The summed E-state index contributed by atoms with van der Waals surface area (Å²) in [6.07, 6.45) is 5.71. The zero-order chi connectivity index (χ0) is 17.8. The monoisotopic (exact) mass is 340 g/mol. The summed E-state index contributed by atoms with van der Waals surface area (Å²) in [4.78, 5) is 8.87. The first kappa shape index (κ1) is 16.7. The van der Waals surface area contributed by atoms with Gasteiger partial charge in [0.05, 0.1) is 16.9 Å². The molecule has 0 N–H and O–H groups in total. The molecular formula is C19H22BFN2O2. The van der Waals surface area contributed by atoms with Gasteiger partial charge < -0.3 is 9.31 Å². The summed E-state index contributed by atoms with van der Waals surface area (Å²) in [5, 5.41) is 0.984. The van der Waals surface area contributed by atoms with Crippen molar-refractivity contribution in [2.45, 2.75) is 57.7 Å². The summed E-state index contributed by atoms with van der Waals surface area (Å²) in [5.41, 5.74) is 0.772. The molecule has 1 aliphatic carbocycles. The zero-order valence-electron chi connectivity index (χ0n) is 15.0. The highest BCUT2D eigenvalue weighted by Crippen LogP contribution is 2.40. The van der Waals surface area contributed by atoms with Crippen molar-refractivity contribution in [2.24, 2.45) is 0 Å². The van der Waals surface area contributed by atoms with E-state index in [0.29, 0.717) is 17.3 Å². The zero-order valence-corrected chi connectivity index (χ0v) is 15.0. The van der Waals surface area contributed by atoms with Gasteiger partial charge >= 0.3 is 7.12 Å². The summed E-state index contributed by atoms with van der Waals surface area (Å²) >= 11 is 0. The maximum Gasteiger partial charge on any atom is 0.525 e. The number of pyridine rings is 2. The van der Waals surface area contributed by atoms with Crippen LogP contribution in [0.5, 0.6) is 0 Å². The Morgan fingerprint density at radius 3 is 2.52 bits per heavy atom. The number of aromatic nitrogens is 2. The van der Waals surface area contributed by atoms with Crippen molar-refractivity contribution in [3.63, 3.8) is 0 Å². The van der Waals surface area contributed by atoms with E-state index in [1.165, 1.54) is 24.5 Å². The van der Waals surface area contributed by atoms with Gasteiger partial charge in [-0.3, -0.25) is 0 Å². The summed E-state index contributed by atoms with van der Waals surface area (Å²) in [7, 11) is -1.01. The van der Waals surface area contributed by atoms with Crippen molar-refractivity contribution in [1.82, 2.24) is 9.97 Å². The first-order valence-electron chi connectivity index (χ1n) is 8.75. The molecule has 25 heavy (non-hydrogen) atoms. The molecule has 6 heteroatoms. The van der Waals surface area contributed by atoms with E-state index in [1.54, 1.807) is 6.07 Å². The van der Waals surface area contributed by atoms with Crippen molar-refractivity contribution in [1.29, 1.82) is 0 Å². The number of hydrogen-bond acceptors (Lipinski definition) is 4. The normalized spacial score (nSPS) is 22.6. The second-order valence-corrected chi connectivity index (χ2v) is 7.94. The van der Waals surface area contributed by atoms with E-state index in [2.05, 4.69) is 16.0 Å². The van der Waals surface area contributed by atoms with E-state index in [-0.39, 0.29) is 0 Å². The molecule has 4 rings (SSSR count). The first-order valence-corrected chi connectivity index (χ1v) is 8.75. The minimum absolute atomic E-state index is 0.486. The lowest BCUT2D eigenvalue weighted by atomic mass is 9.87. The average Bonchev–Trinajstić information content (AvgIpc) is 3.34. The molecule has 0 amide bonds. The Morgan fingerprint density at radius 2 is 1.88 bits per heavy atom. The molecule has 3 heterocycles. The van der Waals surface area contributed by atoms with Gasteiger partial charge in [-0.1, -0.05) is 0 Å². The van der Waals surface area contributed by atoms with E-state index in [0.717, 1.165) is 5.39 Å². The minimum atomic E-state index is -1.01. The Morgan fingerprint density at radius 1 is 1.20 bits per heavy atom. The number of nitrogens with zero attached hydrogens (tertiary/aromatic N) is 2. The smallest absolute Gasteiger partial charge is 0.398 e. The van der Waals surface area contributed by atoms with Gasteiger partial charge in [0.25, 0.3) is 0 Å². The van der Waals surface area contributed by atoms with Gasteiger partial charge in [-0.25, -0.2) is 14.4 Å². The quantitative estimate of drug-likeness (QED) is 0.775. The number of hydrogen-bond donors (Lipinski definition) is 0. The van der Waals surface area contributed by atoms with Crippen LogP contribution < -0.4 is 0 Å². The van der Waals surface area contributed by atoms with Crippen molar-refractivity contribution >= 4 is 24.2 Å². The van der Waals surface area contributed by atoms with Crippen LogP contribution in [-0.2, 0) is 9.31 Å². The van der Waals surface area contributed by atoms with Crippen LogP contribution in [0.25, 0.3) is 17.1 Å². The average molecular weight is 340 g/mol. The lowest BCUT2D eigenvalue weighted by Crippen LogP contribution is -2.41. The fourth-order valence-electron chi connectivity index (χ4n) is 2.93. The van der Waals surface area contributed by atoms with Gasteiger partial charge in [-0.15, -0.1) is 0 Å². The molecule has 0 bridgehead atoms. The van der Waals surface area contributed by atoms with Gasteiger partial charge in [-0.2, -0.15) is 0 Å². The molecular weight excluding hydrogens is 318 g/mol. The summed E-state index contributed by atoms with van der Waals surface area (Å²) in [6.45, 7) is 7.59. The third kappa shape index (κ3) is 3.09. The molecule has 130 valence electrons. The van der Waals surface area contributed by atoms with Crippen LogP contribution >= 0.6 is 0 Å². The Hall–Kier alpha value is -1.79. The predicted molar refractivity (Wildman–Crippen MR) is 96.7 cm³/mol. The van der Waals surface area contributed by atoms with Gasteiger partial charge in [-0.05, 0) is 76.3 Å². The predicted octanol–water partition coefficient (Wildman–Crippen LogP) is 4.45. The Kier molecular flexibility index (Phi) is 3.74. The number of rotatable bonds is 3. The summed E-state index contributed by atoms with van der Waals surface area (Å²) in [5.74, 6) is 0.650. The first-order chi connectivity index (χ1) is 11.7. The Bertz CT molecular complexity index is 846. The fourth-order valence-corrected chi connectivity index (χ4v) is 2.93. The van der Waals surface area contributed by atoms with E-state index in [1.807, 2.05) is 40.0 Å². The van der Waals surface area contributed by atoms with Crippen molar-refractivity contribution in [2.75, 3.05) is 0 Å². The molecule has 0 atom stereocenters. The van der Waals surface area contributed by atoms with Gasteiger partial charge in [0.15, 0.2) is 5.65 Å². The van der Waals surface area contributed by atoms with E-state index in [9.17, 15) is 4.39 Å². The molecule has 0 aromatic carbocycles. The topological polar surface area (TPSA) is 44.2 Å². The second kappa shape index (κ2) is 5.61. The Balaban J connectivity index is 1.59. The van der Waals surface area contributed by atoms with Crippen LogP contribution in [0.15, 0.2) is 30.1 Å². The SMILES string of the molecule is CC1(C)OB(C(F)=Cc2ccc3cc(C4CC4)cnc3n2)OC1(C)C. The maximum atomic E-state index is 14.6. The van der Waals surface area contributed by atoms with Crippen molar-refractivity contribution < 1.29 is 13.7 Å². The Labute approximate surface area is 147 Å². The third-order valence-electron chi connectivity index (χ3n) is 5.40. The number of fused-ring (bicyclic) bond motifs is 1. The molecule has 0 radical (unpaired) electrons. The van der Waals surface area contributed by atoms with Crippen LogP contribution in [0, 0.1) is 0 Å². The largest absolute Gasteiger partial charge is 0.525 e. The molecule has 2 aromatic rings. The maximum absolute atomic E-state index is 14.6. The van der Waals surface area contributed by atoms with Gasteiger partial charge in [0.1, 0.15) is 5.73 Å². The third-order valence-corrected chi connectivity index (χ3v) is 5.40. The lowest BCUT2D eigenvalue weighted by Gasteiger charge is -2.32. The van der Waals surface area contributed by atoms with Gasteiger partial charge in [0, 0.05) is 11.6 Å². The van der Waals surface area contributed by atoms with Crippen LogP contribution in [-0.4, -0.2) is 28.3 Å². The summed E-state index contributed by atoms with van der Waals surface area (Å²) in [6, 6.07) is 5.86. The molecule has 0 spiro atoms. The van der Waals surface area contributed by atoms with E-state index >= 15 is 0 Å². The standard InChI is InChI=1S/C19H22BFN2O2/c1-18(2)19(3,4)25-20(24-18)16(21)10-15-8-7-13-9-14(12-5-6-12)11-22-17(13)23-15/h7-12H,5-6H2,1-4H3.